The van der Waals surface area contributed by atoms with Crippen LogP contribution in [0.1, 0.15) is 46.5 Å². The highest BCUT2D eigenvalue weighted by molar-refractivity contribution is 4.99. The van der Waals surface area contributed by atoms with Gasteiger partial charge in [0.25, 0.3) is 0 Å². The first kappa shape index (κ1) is 8.83. The van der Waals surface area contributed by atoms with E-state index in [1.54, 1.807) is 0 Å². The minimum absolute atomic E-state index is 0.564. The van der Waals surface area contributed by atoms with Gasteiger partial charge in [-0.3, -0.25) is 0 Å². The molecule has 0 heterocycles. The van der Waals surface area contributed by atoms with Gasteiger partial charge in [-0.1, -0.05) is 39.3 Å². The molecule has 1 unspecified atom stereocenters. The summed E-state index contributed by atoms with van der Waals surface area (Å²) in [5.74, 6) is 0.865. The number of hydrogen-bond acceptors (Lipinski definition) is 0. The smallest absolute Gasteiger partial charge is 0.0228 e. The fourth-order valence-corrected chi connectivity index (χ4v) is 2.01. The zero-order chi connectivity index (χ0) is 8.32. The van der Waals surface area contributed by atoms with Crippen molar-refractivity contribution in [3.05, 3.63) is 12.2 Å². The molecule has 0 N–H and O–H groups in total. The Bertz CT molecular complexity index is 142. The van der Waals surface area contributed by atoms with Crippen molar-refractivity contribution in [1.82, 2.24) is 0 Å². The lowest BCUT2D eigenvalue weighted by atomic mass is 9.75. The van der Waals surface area contributed by atoms with Crippen molar-refractivity contribution >= 4 is 0 Å². The molecular formula is C11H20. The molecule has 0 aromatic rings. The molecule has 1 rings (SSSR count). The third-order valence-electron chi connectivity index (χ3n) is 2.55. The second-order valence-corrected chi connectivity index (χ2v) is 4.55. The standard InChI is InChI=1S/C11H20/c1-4-6-10-7-5-8-11(2,3)9-10/h5,7,10H,4,6,8-9H2,1-3H3. The summed E-state index contributed by atoms with van der Waals surface area (Å²) in [5, 5.41) is 0. The van der Waals surface area contributed by atoms with Gasteiger partial charge in [-0.25, -0.2) is 0 Å². The van der Waals surface area contributed by atoms with E-state index in [1.807, 2.05) is 0 Å². The Balaban J connectivity index is 2.46. The summed E-state index contributed by atoms with van der Waals surface area (Å²) >= 11 is 0. The van der Waals surface area contributed by atoms with E-state index in [0.29, 0.717) is 5.41 Å². The normalized spacial score (nSPS) is 28.8. The number of rotatable bonds is 2. The zero-order valence-corrected chi connectivity index (χ0v) is 8.06. The predicted molar refractivity (Wildman–Crippen MR) is 50.6 cm³/mol. The van der Waals surface area contributed by atoms with Crippen LogP contribution in [0.5, 0.6) is 0 Å². The van der Waals surface area contributed by atoms with Crippen LogP contribution in [0.25, 0.3) is 0 Å². The molecule has 0 saturated heterocycles. The first-order valence-electron chi connectivity index (χ1n) is 4.81. The Labute approximate surface area is 70.7 Å². The van der Waals surface area contributed by atoms with Crippen molar-refractivity contribution in [3.8, 4) is 0 Å². The van der Waals surface area contributed by atoms with Crippen LogP contribution in [0.3, 0.4) is 0 Å². The summed E-state index contributed by atoms with van der Waals surface area (Å²) < 4.78 is 0. The maximum atomic E-state index is 2.41. The minimum Gasteiger partial charge on any atom is -0.0877 e. The van der Waals surface area contributed by atoms with Crippen molar-refractivity contribution in [2.45, 2.75) is 46.5 Å². The van der Waals surface area contributed by atoms with Gasteiger partial charge in [-0.15, -0.1) is 0 Å². The van der Waals surface area contributed by atoms with Gasteiger partial charge in [-0.2, -0.15) is 0 Å². The summed E-state index contributed by atoms with van der Waals surface area (Å²) in [4.78, 5) is 0. The molecule has 0 fully saturated rings. The lowest BCUT2D eigenvalue weighted by molar-refractivity contribution is 0.271. The molecule has 0 amide bonds. The summed E-state index contributed by atoms with van der Waals surface area (Å²) in [6.45, 7) is 7.02. The molecule has 0 aromatic heterocycles. The third kappa shape index (κ3) is 2.69. The Morgan fingerprint density at radius 3 is 2.73 bits per heavy atom. The Kier molecular flexibility index (Phi) is 2.75. The minimum atomic E-state index is 0.564. The van der Waals surface area contributed by atoms with Crippen LogP contribution in [0.4, 0.5) is 0 Å². The largest absolute Gasteiger partial charge is 0.0877 e. The topological polar surface area (TPSA) is 0 Å². The van der Waals surface area contributed by atoms with Crippen LogP contribution in [0, 0.1) is 11.3 Å². The molecule has 1 atom stereocenters. The van der Waals surface area contributed by atoms with Crippen LogP contribution in [0.2, 0.25) is 0 Å². The van der Waals surface area contributed by atoms with Gasteiger partial charge in [0.15, 0.2) is 0 Å². The van der Waals surface area contributed by atoms with Crippen LogP contribution in [0.15, 0.2) is 12.2 Å². The van der Waals surface area contributed by atoms with E-state index < -0.39 is 0 Å². The molecule has 1 aliphatic rings. The lowest BCUT2D eigenvalue weighted by Crippen LogP contribution is -2.18. The Morgan fingerprint density at radius 2 is 2.18 bits per heavy atom. The lowest BCUT2D eigenvalue weighted by Gasteiger charge is -2.31. The maximum Gasteiger partial charge on any atom is -0.0228 e. The molecular weight excluding hydrogens is 132 g/mol. The van der Waals surface area contributed by atoms with E-state index in [1.165, 1.54) is 25.7 Å². The van der Waals surface area contributed by atoms with E-state index >= 15 is 0 Å². The van der Waals surface area contributed by atoms with E-state index in [9.17, 15) is 0 Å². The van der Waals surface area contributed by atoms with E-state index in [0.717, 1.165) is 5.92 Å². The van der Waals surface area contributed by atoms with Crippen molar-refractivity contribution in [2.24, 2.45) is 11.3 Å². The second-order valence-electron chi connectivity index (χ2n) is 4.55. The van der Waals surface area contributed by atoms with Crippen LogP contribution in [-0.4, -0.2) is 0 Å². The average Bonchev–Trinajstić information content (AvgIpc) is 1.85. The Morgan fingerprint density at radius 1 is 1.45 bits per heavy atom. The number of hydrogen-bond donors (Lipinski definition) is 0. The van der Waals surface area contributed by atoms with E-state index in [4.69, 9.17) is 0 Å². The molecule has 0 spiro atoms. The SMILES string of the molecule is CCCC1C=CCC(C)(C)C1. The van der Waals surface area contributed by atoms with Gasteiger partial charge in [0.2, 0.25) is 0 Å². The van der Waals surface area contributed by atoms with E-state index in [-0.39, 0.29) is 0 Å². The fraction of sp³-hybridized carbons (Fsp3) is 0.818. The van der Waals surface area contributed by atoms with Crippen molar-refractivity contribution in [3.63, 3.8) is 0 Å². The highest BCUT2D eigenvalue weighted by atomic mass is 14.3. The van der Waals surface area contributed by atoms with E-state index in [2.05, 4.69) is 32.9 Å². The highest BCUT2D eigenvalue weighted by Gasteiger charge is 2.23. The summed E-state index contributed by atoms with van der Waals surface area (Å²) in [6.07, 6.45) is 10.1. The van der Waals surface area contributed by atoms with Crippen molar-refractivity contribution in [2.75, 3.05) is 0 Å². The summed E-state index contributed by atoms with van der Waals surface area (Å²) in [7, 11) is 0. The highest BCUT2D eigenvalue weighted by Crippen LogP contribution is 2.35. The monoisotopic (exact) mass is 152 g/mol. The van der Waals surface area contributed by atoms with Gasteiger partial charge >= 0.3 is 0 Å². The molecule has 64 valence electrons. The molecule has 0 aliphatic heterocycles. The molecule has 0 saturated carbocycles. The summed E-state index contributed by atoms with van der Waals surface area (Å²) in [6, 6.07) is 0. The summed E-state index contributed by atoms with van der Waals surface area (Å²) in [5.41, 5.74) is 0.564. The molecule has 0 bridgehead atoms. The third-order valence-corrected chi connectivity index (χ3v) is 2.55. The molecule has 0 nitrogen and oxygen atoms in total. The van der Waals surface area contributed by atoms with Gasteiger partial charge in [0.1, 0.15) is 0 Å². The van der Waals surface area contributed by atoms with Crippen molar-refractivity contribution < 1.29 is 0 Å². The molecule has 0 aromatic carbocycles. The Hall–Kier alpha value is -0.260. The van der Waals surface area contributed by atoms with Crippen LogP contribution in [-0.2, 0) is 0 Å². The maximum absolute atomic E-state index is 2.41. The van der Waals surface area contributed by atoms with Crippen LogP contribution >= 0.6 is 0 Å². The molecule has 11 heavy (non-hydrogen) atoms. The first-order valence-corrected chi connectivity index (χ1v) is 4.81. The number of allylic oxidation sites excluding steroid dienone is 2. The predicted octanol–water partition coefficient (Wildman–Crippen LogP) is 3.78. The van der Waals surface area contributed by atoms with Gasteiger partial charge in [0, 0.05) is 0 Å². The fourth-order valence-electron chi connectivity index (χ4n) is 2.01. The quantitative estimate of drug-likeness (QED) is 0.528. The van der Waals surface area contributed by atoms with Crippen LogP contribution < -0.4 is 0 Å². The van der Waals surface area contributed by atoms with Crippen molar-refractivity contribution in [1.29, 1.82) is 0 Å². The molecule has 0 radical (unpaired) electrons. The van der Waals surface area contributed by atoms with Gasteiger partial charge in [-0.05, 0) is 30.6 Å². The molecule has 0 heteroatoms. The van der Waals surface area contributed by atoms with Gasteiger partial charge < -0.3 is 0 Å². The molecule has 1 aliphatic carbocycles. The average molecular weight is 152 g/mol. The van der Waals surface area contributed by atoms with Gasteiger partial charge in [0.05, 0.1) is 0 Å². The second kappa shape index (κ2) is 3.42. The zero-order valence-electron chi connectivity index (χ0n) is 8.06. The first-order chi connectivity index (χ1) is 5.14.